The molecular formula is C14H16ClN3OS. The van der Waals surface area contributed by atoms with Gasteiger partial charge in [-0.2, -0.15) is 4.98 Å². The Kier molecular flexibility index (Phi) is 4.60. The van der Waals surface area contributed by atoms with E-state index in [0.29, 0.717) is 11.7 Å². The summed E-state index contributed by atoms with van der Waals surface area (Å²) in [4.78, 5) is 5.65. The van der Waals surface area contributed by atoms with E-state index in [2.05, 4.69) is 15.5 Å². The first-order valence-electron chi connectivity index (χ1n) is 6.73. The minimum absolute atomic E-state index is 0.366. The van der Waals surface area contributed by atoms with Crippen LogP contribution in [-0.4, -0.2) is 23.2 Å². The summed E-state index contributed by atoms with van der Waals surface area (Å²) in [6, 6.07) is 7.77. The van der Waals surface area contributed by atoms with Crippen LogP contribution in [0.25, 0.3) is 0 Å². The molecule has 2 heterocycles. The van der Waals surface area contributed by atoms with Gasteiger partial charge in [0.25, 0.3) is 0 Å². The van der Waals surface area contributed by atoms with Gasteiger partial charge in [0.05, 0.1) is 11.7 Å². The van der Waals surface area contributed by atoms with Crippen LogP contribution in [0.5, 0.6) is 0 Å². The van der Waals surface area contributed by atoms with Crippen molar-refractivity contribution >= 4 is 23.4 Å². The molecule has 106 valence electrons. The SMILES string of the molecule is Clc1ccc(SCc2noc([C@H]3CCCNC3)n2)cc1. The Labute approximate surface area is 127 Å². The molecule has 6 heteroatoms. The van der Waals surface area contributed by atoms with Crippen LogP contribution in [0.4, 0.5) is 0 Å². The van der Waals surface area contributed by atoms with Crippen LogP contribution >= 0.6 is 23.4 Å². The highest BCUT2D eigenvalue weighted by Crippen LogP contribution is 2.25. The summed E-state index contributed by atoms with van der Waals surface area (Å²) >= 11 is 7.55. The average Bonchev–Trinajstić information content (AvgIpc) is 2.97. The summed E-state index contributed by atoms with van der Waals surface area (Å²) in [5.74, 6) is 2.60. The summed E-state index contributed by atoms with van der Waals surface area (Å²) in [6.45, 7) is 2.02. The van der Waals surface area contributed by atoms with Gasteiger partial charge in [0, 0.05) is 16.5 Å². The van der Waals surface area contributed by atoms with Crippen molar-refractivity contribution in [1.82, 2.24) is 15.5 Å². The van der Waals surface area contributed by atoms with Crippen LogP contribution in [0.2, 0.25) is 5.02 Å². The van der Waals surface area contributed by atoms with E-state index >= 15 is 0 Å². The number of rotatable bonds is 4. The summed E-state index contributed by atoms with van der Waals surface area (Å²) in [7, 11) is 0. The monoisotopic (exact) mass is 309 g/mol. The molecule has 1 aromatic carbocycles. The van der Waals surface area contributed by atoms with Gasteiger partial charge in [0.1, 0.15) is 0 Å². The van der Waals surface area contributed by atoms with Crippen molar-refractivity contribution in [3.05, 3.63) is 41.0 Å². The van der Waals surface area contributed by atoms with E-state index in [1.165, 1.54) is 6.42 Å². The molecule has 1 atom stereocenters. The highest BCUT2D eigenvalue weighted by molar-refractivity contribution is 7.98. The van der Waals surface area contributed by atoms with Crippen molar-refractivity contribution in [2.45, 2.75) is 29.4 Å². The number of hydrogen-bond acceptors (Lipinski definition) is 5. The molecule has 2 aromatic rings. The number of benzene rings is 1. The standard InChI is InChI=1S/C14H16ClN3OS/c15-11-3-5-12(6-4-11)20-9-13-17-14(19-18-13)10-2-1-7-16-8-10/h3-6,10,16H,1-2,7-9H2/t10-/m0/s1. The zero-order valence-electron chi connectivity index (χ0n) is 11.0. The molecule has 1 aliphatic rings. The fraction of sp³-hybridized carbons (Fsp3) is 0.429. The van der Waals surface area contributed by atoms with E-state index in [4.69, 9.17) is 16.1 Å². The van der Waals surface area contributed by atoms with Gasteiger partial charge in [-0.25, -0.2) is 0 Å². The Morgan fingerprint density at radius 1 is 1.35 bits per heavy atom. The molecule has 0 aliphatic carbocycles. The van der Waals surface area contributed by atoms with Gasteiger partial charge in [-0.3, -0.25) is 0 Å². The van der Waals surface area contributed by atoms with Crippen molar-refractivity contribution in [3.8, 4) is 0 Å². The van der Waals surface area contributed by atoms with Crippen LogP contribution in [0.3, 0.4) is 0 Å². The van der Waals surface area contributed by atoms with E-state index < -0.39 is 0 Å². The first kappa shape index (κ1) is 13.9. The van der Waals surface area contributed by atoms with Gasteiger partial charge in [0.15, 0.2) is 5.82 Å². The predicted octanol–water partition coefficient (Wildman–Crippen LogP) is 3.48. The summed E-state index contributed by atoms with van der Waals surface area (Å²) in [5.41, 5.74) is 0. The maximum absolute atomic E-state index is 5.86. The Morgan fingerprint density at radius 2 is 2.20 bits per heavy atom. The maximum atomic E-state index is 5.86. The van der Waals surface area contributed by atoms with Crippen LogP contribution in [0.15, 0.2) is 33.7 Å². The lowest BCUT2D eigenvalue weighted by atomic mass is 10.00. The third-order valence-electron chi connectivity index (χ3n) is 3.31. The smallest absolute Gasteiger partial charge is 0.231 e. The predicted molar refractivity (Wildman–Crippen MR) is 80.2 cm³/mol. The number of halogens is 1. The minimum Gasteiger partial charge on any atom is -0.339 e. The van der Waals surface area contributed by atoms with E-state index in [1.807, 2.05) is 24.3 Å². The number of thioether (sulfide) groups is 1. The van der Waals surface area contributed by atoms with Crippen LogP contribution < -0.4 is 5.32 Å². The summed E-state index contributed by atoms with van der Waals surface area (Å²) < 4.78 is 5.38. The van der Waals surface area contributed by atoms with Crippen LogP contribution in [0, 0.1) is 0 Å². The second-order valence-electron chi connectivity index (χ2n) is 4.83. The highest BCUT2D eigenvalue weighted by atomic mass is 35.5. The van der Waals surface area contributed by atoms with Crippen molar-refractivity contribution in [2.24, 2.45) is 0 Å². The van der Waals surface area contributed by atoms with E-state index in [9.17, 15) is 0 Å². The number of nitrogens with zero attached hydrogens (tertiary/aromatic N) is 2. The molecule has 1 aliphatic heterocycles. The van der Waals surface area contributed by atoms with Crippen molar-refractivity contribution < 1.29 is 4.52 Å². The number of nitrogens with one attached hydrogen (secondary N) is 1. The summed E-state index contributed by atoms with van der Waals surface area (Å²) in [5, 5.41) is 8.17. The Hall–Kier alpha value is -1.04. The zero-order chi connectivity index (χ0) is 13.8. The van der Waals surface area contributed by atoms with Gasteiger partial charge in [-0.15, -0.1) is 11.8 Å². The summed E-state index contributed by atoms with van der Waals surface area (Å²) in [6.07, 6.45) is 2.29. The van der Waals surface area contributed by atoms with Crippen LogP contribution in [-0.2, 0) is 5.75 Å². The Balaban J connectivity index is 1.58. The van der Waals surface area contributed by atoms with E-state index in [1.54, 1.807) is 11.8 Å². The largest absolute Gasteiger partial charge is 0.339 e. The van der Waals surface area contributed by atoms with Gasteiger partial charge >= 0.3 is 0 Å². The quantitative estimate of drug-likeness (QED) is 0.876. The third kappa shape index (κ3) is 3.53. The Bertz CT molecular complexity index is 552. The molecule has 4 nitrogen and oxygen atoms in total. The van der Waals surface area contributed by atoms with Crippen molar-refractivity contribution in [2.75, 3.05) is 13.1 Å². The molecule has 1 aromatic heterocycles. The lowest BCUT2D eigenvalue weighted by Crippen LogP contribution is -2.28. The third-order valence-corrected chi connectivity index (χ3v) is 4.57. The maximum Gasteiger partial charge on any atom is 0.231 e. The molecule has 1 N–H and O–H groups in total. The fourth-order valence-corrected chi connectivity index (χ4v) is 3.10. The molecule has 1 fully saturated rings. The molecule has 0 saturated carbocycles. The average molecular weight is 310 g/mol. The molecule has 0 unspecified atom stereocenters. The number of hydrogen-bond donors (Lipinski definition) is 1. The van der Waals surface area contributed by atoms with Gasteiger partial charge in [-0.05, 0) is 43.7 Å². The normalized spacial score (nSPS) is 19.1. The highest BCUT2D eigenvalue weighted by Gasteiger charge is 2.21. The van der Waals surface area contributed by atoms with Crippen molar-refractivity contribution in [3.63, 3.8) is 0 Å². The molecule has 0 radical (unpaired) electrons. The number of piperidine rings is 1. The first-order valence-corrected chi connectivity index (χ1v) is 8.09. The second kappa shape index (κ2) is 6.61. The zero-order valence-corrected chi connectivity index (χ0v) is 12.6. The molecule has 20 heavy (non-hydrogen) atoms. The first-order chi connectivity index (χ1) is 9.81. The van der Waals surface area contributed by atoms with E-state index in [0.717, 1.165) is 41.1 Å². The lowest BCUT2D eigenvalue weighted by Gasteiger charge is -2.18. The molecule has 1 saturated heterocycles. The molecule has 0 spiro atoms. The van der Waals surface area contributed by atoms with Gasteiger partial charge in [-0.1, -0.05) is 16.8 Å². The van der Waals surface area contributed by atoms with E-state index in [-0.39, 0.29) is 0 Å². The van der Waals surface area contributed by atoms with Gasteiger partial charge < -0.3 is 9.84 Å². The minimum atomic E-state index is 0.366. The number of aromatic nitrogens is 2. The van der Waals surface area contributed by atoms with Crippen LogP contribution in [0.1, 0.15) is 30.5 Å². The molecule has 3 rings (SSSR count). The fourth-order valence-electron chi connectivity index (χ4n) is 2.23. The Morgan fingerprint density at radius 3 is 2.95 bits per heavy atom. The van der Waals surface area contributed by atoms with Gasteiger partial charge in [0.2, 0.25) is 5.89 Å². The molecule has 0 amide bonds. The topological polar surface area (TPSA) is 51.0 Å². The molecule has 0 bridgehead atoms. The van der Waals surface area contributed by atoms with Crippen molar-refractivity contribution in [1.29, 1.82) is 0 Å². The molecular weight excluding hydrogens is 294 g/mol. The lowest BCUT2D eigenvalue weighted by molar-refractivity contribution is 0.320. The second-order valence-corrected chi connectivity index (χ2v) is 6.32.